The second-order valence-electron chi connectivity index (χ2n) is 5.68. The first-order valence-corrected chi connectivity index (χ1v) is 7.29. The predicted octanol–water partition coefficient (Wildman–Crippen LogP) is 0.864. The van der Waals surface area contributed by atoms with Crippen molar-refractivity contribution in [2.45, 2.75) is 19.5 Å². The van der Waals surface area contributed by atoms with Crippen molar-refractivity contribution in [1.82, 2.24) is 14.5 Å². The van der Waals surface area contributed by atoms with Crippen molar-refractivity contribution in [3.05, 3.63) is 57.8 Å². The highest BCUT2D eigenvalue weighted by molar-refractivity contribution is 5.97. The molecule has 8 nitrogen and oxygen atoms in total. The van der Waals surface area contributed by atoms with E-state index in [1.165, 1.54) is 9.47 Å². The minimum Gasteiger partial charge on any atom is -0.503 e. The van der Waals surface area contributed by atoms with Gasteiger partial charge in [-0.1, -0.05) is 6.07 Å². The Morgan fingerprint density at radius 2 is 2.17 bits per heavy atom. The number of carbonyl (C=O) groups is 2. The topological polar surface area (TPSA) is 113 Å². The number of carboxylic acids is 1. The number of hydrogen-bond donors (Lipinski definition) is 2. The number of pyridine rings is 2. The van der Waals surface area contributed by atoms with Crippen LogP contribution in [0.4, 0.5) is 0 Å². The standard InChI is InChI=1S/C16H15N3O5/c1-9-6-18(7-10-3-2-4-17-5-10)15(22)12-14(21)13(20)11(16(23)24)8-19(9)12/h2-5,8-9,21H,6-7H2,1H3,(H,23,24)/t9-/m0/s1. The van der Waals surface area contributed by atoms with Crippen molar-refractivity contribution in [3.8, 4) is 5.75 Å². The van der Waals surface area contributed by atoms with Gasteiger partial charge in [0.1, 0.15) is 5.56 Å². The van der Waals surface area contributed by atoms with E-state index in [1.807, 2.05) is 6.07 Å². The molecule has 3 rings (SSSR count). The zero-order valence-corrected chi connectivity index (χ0v) is 12.8. The lowest BCUT2D eigenvalue weighted by Gasteiger charge is -2.34. The molecule has 24 heavy (non-hydrogen) atoms. The first-order valence-electron chi connectivity index (χ1n) is 7.29. The van der Waals surface area contributed by atoms with Gasteiger partial charge >= 0.3 is 5.97 Å². The molecule has 1 aliphatic rings. The Labute approximate surface area is 136 Å². The summed E-state index contributed by atoms with van der Waals surface area (Å²) in [6, 6.07) is 3.28. The fourth-order valence-electron chi connectivity index (χ4n) is 2.82. The molecule has 2 N–H and O–H groups in total. The third-order valence-electron chi connectivity index (χ3n) is 3.99. The molecule has 0 radical (unpaired) electrons. The Balaban J connectivity index is 2.05. The summed E-state index contributed by atoms with van der Waals surface area (Å²) in [5.41, 5.74) is -0.989. The summed E-state index contributed by atoms with van der Waals surface area (Å²) in [4.78, 5) is 41.3. The molecule has 0 spiro atoms. The minimum absolute atomic E-state index is 0.187. The molecule has 0 bridgehead atoms. The highest BCUT2D eigenvalue weighted by Crippen LogP contribution is 2.27. The zero-order chi connectivity index (χ0) is 17.4. The monoisotopic (exact) mass is 329 g/mol. The van der Waals surface area contributed by atoms with Gasteiger partial charge in [-0.2, -0.15) is 0 Å². The highest BCUT2D eigenvalue weighted by atomic mass is 16.4. The fourth-order valence-corrected chi connectivity index (χ4v) is 2.82. The molecular formula is C16H15N3O5. The normalized spacial score (nSPS) is 16.8. The summed E-state index contributed by atoms with van der Waals surface area (Å²) in [7, 11) is 0. The van der Waals surface area contributed by atoms with Crippen LogP contribution >= 0.6 is 0 Å². The average molecular weight is 329 g/mol. The molecule has 0 saturated carbocycles. The van der Waals surface area contributed by atoms with Crippen molar-refractivity contribution in [2.75, 3.05) is 6.54 Å². The number of aromatic hydroxyl groups is 1. The third kappa shape index (κ3) is 2.51. The molecule has 0 aromatic carbocycles. The Morgan fingerprint density at radius 3 is 2.79 bits per heavy atom. The van der Waals surface area contributed by atoms with Gasteiger partial charge in [0.05, 0.1) is 0 Å². The van der Waals surface area contributed by atoms with Gasteiger partial charge in [0.15, 0.2) is 11.4 Å². The summed E-state index contributed by atoms with van der Waals surface area (Å²) in [6.45, 7) is 2.38. The fraction of sp³-hybridized carbons (Fsp3) is 0.250. The van der Waals surface area contributed by atoms with Crippen LogP contribution in [0.3, 0.4) is 0 Å². The second kappa shape index (κ2) is 5.80. The number of carboxylic acid groups (broad SMARTS) is 1. The van der Waals surface area contributed by atoms with Crippen molar-refractivity contribution in [1.29, 1.82) is 0 Å². The van der Waals surface area contributed by atoms with Crippen LogP contribution in [-0.4, -0.2) is 43.1 Å². The first kappa shape index (κ1) is 15.7. The van der Waals surface area contributed by atoms with E-state index in [4.69, 9.17) is 5.11 Å². The number of carbonyl (C=O) groups excluding carboxylic acids is 1. The third-order valence-corrected chi connectivity index (χ3v) is 3.99. The van der Waals surface area contributed by atoms with E-state index in [0.29, 0.717) is 6.54 Å². The van der Waals surface area contributed by atoms with E-state index in [-0.39, 0.29) is 18.3 Å². The van der Waals surface area contributed by atoms with E-state index in [2.05, 4.69) is 4.98 Å². The number of nitrogens with zero attached hydrogens (tertiary/aromatic N) is 3. The van der Waals surface area contributed by atoms with Crippen molar-refractivity contribution in [3.63, 3.8) is 0 Å². The molecule has 8 heteroatoms. The van der Waals surface area contributed by atoms with Crippen LogP contribution in [0.15, 0.2) is 35.5 Å². The van der Waals surface area contributed by atoms with Crippen LogP contribution in [0.1, 0.15) is 39.4 Å². The van der Waals surface area contributed by atoms with Gasteiger partial charge in [0.2, 0.25) is 5.43 Å². The van der Waals surface area contributed by atoms with Gasteiger partial charge < -0.3 is 19.7 Å². The first-order chi connectivity index (χ1) is 11.4. The lowest BCUT2D eigenvalue weighted by molar-refractivity contribution is 0.0639. The summed E-state index contributed by atoms with van der Waals surface area (Å²) in [6.07, 6.45) is 4.37. The van der Waals surface area contributed by atoms with Gasteiger partial charge in [-0.15, -0.1) is 0 Å². The van der Waals surface area contributed by atoms with Crippen molar-refractivity contribution < 1.29 is 19.8 Å². The van der Waals surface area contributed by atoms with Gasteiger partial charge in [0, 0.05) is 37.7 Å². The largest absolute Gasteiger partial charge is 0.503 e. The second-order valence-corrected chi connectivity index (χ2v) is 5.68. The van der Waals surface area contributed by atoms with Crippen molar-refractivity contribution >= 4 is 11.9 Å². The molecule has 1 amide bonds. The summed E-state index contributed by atoms with van der Waals surface area (Å²) < 4.78 is 1.35. The van der Waals surface area contributed by atoms with Gasteiger partial charge in [-0.3, -0.25) is 14.6 Å². The number of fused-ring (bicyclic) bond motifs is 1. The molecule has 1 aliphatic heterocycles. The Bertz CT molecular complexity index is 875. The lowest BCUT2D eigenvalue weighted by Crippen LogP contribution is -2.43. The number of aromatic carboxylic acids is 1. The Hall–Kier alpha value is -3.16. The Morgan fingerprint density at radius 1 is 1.42 bits per heavy atom. The molecule has 124 valence electrons. The lowest BCUT2D eigenvalue weighted by atomic mass is 10.1. The van der Waals surface area contributed by atoms with E-state index in [1.54, 1.807) is 25.4 Å². The highest BCUT2D eigenvalue weighted by Gasteiger charge is 2.33. The molecule has 0 saturated heterocycles. The van der Waals surface area contributed by atoms with Crippen LogP contribution in [0.2, 0.25) is 0 Å². The molecular weight excluding hydrogens is 314 g/mol. The quantitative estimate of drug-likeness (QED) is 0.864. The summed E-state index contributed by atoms with van der Waals surface area (Å²) in [5, 5.41) is 19.2. The van der Waals surface area contributed by atoms with Gasteiger partial charge in [0.25, 0.3) is 5.91 Å². The maximum Gasteiger partial charge on any atom is 0.341 e. The number of hydrogen-bond acceptors (Lipinski definition) is 5. The van der Waals surface area contributed by atoms with Crippen LogP contribution in [0.5, 0.6) is 5.75 Å². The molecule has 1 atom stereocenters. The molecule has 2 aromatic rings. The average Bonchev–Trinajstić information content (AvgIpc) is 2.55. The maximum atomic E-state index is 12.7. The molecule has 0 aliphatic carbocycles. The molecule has 2 aromatic heterocycles. The molecule has 3 heterocycles. The zero-order valence-electron chi connectivity index (χ0n) is 12.8. The number of amides is 1. The number of rotatable bonds is 3. The maximum absolute atomic E-state index is 12.7. The van der Waals surface area contributed by atoms with Gasteiger partial charge in [-0.25, -0.2) is 4.79 Å². The van der Waals surface area contributed by atoms with E-state index < -0.39 is 28.6 Å². The van der Waals surface area contributed by atoms with Crippen LogP contribution in [0.25, 0.3) is 0 Å². The smallest absolute Gasteiger partial charge is 0.341 e. The molecule has 0 fully saturated rings. The predicted molar refractivity (Wildman–Crippen MR) is 83.0 cm³/mol. The summed E-state index contributed by atoms with van der Waals surface area (Å²) in [5.74, 6) is -2.80. The molecule has 0 unspecified atom stereocenters. The van der Waals surface area contributed by atoms with Gasteiger partial charge in [-0.05, 0) is 18.6 Å². The van der Waals surface area contributed by atoms with E-state index in [9.17, 15) is 19.5 Å². The van der Waals surface area contributed by atoms with Crippen LogP contribution < -0.4 is 5.43 Å². The minimum atomic E-state index is -1.44. The van der Waals surface area contributed by atoms with Crippen molar-refractivity contribution in [2.24, 2.45) is 0 Å². The van der Waals surface area contributed by atoms with Crippen LogP contribution in [0, 0.1) is 0 Å². The SMILES string of the molecule is C[C@H]1CN(Cc2cccnc2)C(=O)c2c(O)c(=O)c(C(=O)O)cn21. The van der Waals surface area contributed by atoms with E-state index >= 15 is 0 Å². The summed E-state index contributed by atoms with van der Waals surface area (Å²) >= 11 is 0. The van der Waals surface area contributed by atoms with E-state index in [0.717, 1.165) is 11.8 Å². The number of aromatic nitrogens is 2. The Kier molecular flexibility index (Phi) is 3.80. The van der Waals surface area contributed by atoms with Crippen LogP contribution in [-0.2, 0) is 6.54 Å².